The molecule has 2 aliphatic rings. The minimum absolute atomic E-state index is 0.217. The molecule has 0 aromatic rings. The standard InChI is InChI=1S/C16H32N4O2/c1-16(2,3)22-15(21)20-11-10-19(14(12-17)13-20)9-8-18-6-4-5-7-18/h14H,4-13,17H2,1-3H3. The van der Waals surface area contributed by atoms with E-state index in [4.69, 9.17) is 10.5 Å². The minimum Gasteiger partial charge on any atom is -0.444 e. The van der Waals surface area contributed by atoms with Crippen molar-refractivity contribution in [2.75, 3.05) is 52.4 Å². The minimum atomic E-state index is -0.442. The quantitative estimate of drug-likeness (QED) is 0.838. The number of carbonyl (C=O) groups is 1. The smallest absolute Gasteiger partial charge is 0.410 e. The van der Waals surface area contributed by atoms with E-state index in [-0.39, 0.29) is 12.1 Å². The molecular weight excluding hydrogens is 280 g/mol. The molecule has 2 fully saturated rings. The Morgan fingerprint density at radius 1 is 1.14 bits per heavy atom. The van der Waals surface area contributed by atoms with Gasteiger partial charge in [-0.15, -0.1) is 0 Å². The summed E-state index contributed by atoms with van der Waals surface area (Å²) >= 11 is 0. The molecule has 2 rings (SSSR count). The number of piperazine rings is 1. The fourth-order valence-electron chi connectivity index (χ4n) is 3.18. The van der Waals surface area contributed by atoms with E-state index in [1.54, 1.807) is 4.90 Å². The van der Waals surface area contributed by atoms with Gasteiger partial charge in [-0.25, -0.2) is 4.79 Å². The van der Waals surface area contributed by atoms with Crippen molar-refractivity contribution in [3.63, 3.8) is 0 Å². The number of nitrogens with two attached hydrogens (primary N) is 1. The molecule has 0 spiro atoms. The fraction of sp³-hybridized carbons (Fsp3) is 0.938. The van der Waals surface area contributed by atoms with Crippen LogP contribution in [0.15, 0.2) is 0 Å². The van der Waals surface area contributed by atoms with Crippen molar-refractivity contribution in [2.45, 2.75) is 45.3 Å². The highest BCUT2D eigenvalue weighted by molar-refractivity contribution is 5.68. The van der Waals surface area contributed by atoms with Crippen LogP contribution < -0.4 is 5.73 Å². The zero-order valence-corrected chi connectivity index (χ0v) is 14.4. The van der Waals surface area contributed by atoms with Gasteiger partial charge in [-0.2, -0.15) is 0 Å². The van der Waals surface area contributed by atoms with Crippen LogP contribution in [-0.4, -0.2) is 84.8 Å². The number of hydrogen-bond acceptors (Lipinski definition) is 5. The van der Waals surface area contributed by atoms with Gasteiger partial charge in [-0.05, 0) is 46.7 Å². The summed E-state index contributed by atoms with van der Waals surface area (Å²) < 4.78 is 5.47. The Morgan fingerprint density at radius 3 is 2.41 bits per heavy atom. The molecular formula is C16H32N4O2. The molecule has 2 saturated heterocycles. The normalized spacial score (nSPS) is 24.7. The molecule has 6 nitrogen and oxygen atoms in total. The molecule has 2 N–H and O–H groups in total. The Morgan fingerprint density at radius 2 is 1.82 bits per heavy atom. The molecule has 128 valence electrons. The highest BCUT2D eigenvalue weighted by Gasteiger charge is 2.31. The largest absolute Gasteiger partial charge is 0.444 e. The number of ether oxygens (including phenoxy) is 1. The number of likely N-dealkylation sites (tertiary alicyclic amines) is 1. The average molecular weight is 312 g/mol. The van der Waals surface area contributed by atoms with Crippen LogP contribution in [0.1, 0.15) is 33.6 Å². The molecule has 0 aromatic heterocycles. The third kappa shape index (κ3) is 5.11. The van der Waals surface area contributed by atoms with Crippen molar-refractivity contribution in [2.24, 2.45) is 5.73 Å². The second-order valence-electron chi connectivity index (χ2n) is 7.40. The fourth-order valence-corrected chi connectivity index (χ4v) is 3.18. The second-order valence-corrected chi connectivity index (χ2v) is 7.40. The summed E-state index contributed by atoms with van der Waals surface area (Å²) in [5.41, 5.74) is 5.49. The maximum atomic E-state index is 12.2. The van der Waals surface area contributed by atoms with Gasteiger partial charge in [0.05, 0.1) is 0 Å². The van der Waals surface area contributed by atoms with Crippen LogP contribution in [0.3, 0.4) is 0 Å². The lowest BCUT2D eigenvalue weighted by Gasteiger charge is -2.41. The predicted octanol–water partition coefficient (Wildman–Crippen LogP) is 0.962. The number of nitrogens with zero attached hydrogens (tertiary/aromatic N) is 3. The van der Waals surface area contributed by atoms with Crippen LogP contribution in [0.25, 0.3) is 0 Å². The molecule has 22 heavy (non-hydrogen) atoms. The summed E-state index contributed by atoms with van der Waals surface area (Å²) in [6.45, 7) is 13.2. The molecule has 1 amide bonds. The van der Waals surface area contributed by atoms with Crippen LogP contribution >= 0.6 is 0 Å². The van der Waals surface area contributed by atoms with Crippen molar-refractivity contribution < 1.29 is 9.53 Å². The van der Waals surface area contributed by atoms with Crippen molar-refractivity contribution in [1.29, 1.82) is 0 Å². The highest BCUT2D eigenvalue weighted by Crippen LogP contribution is 2.15. The van der Waals surface area contributed by atoms with Crippen LogP contribution in [0.2, 0.25) is 0 Å². The van der Waals surface area contributed by atoms with Gasteiger partial charge in [0.2, 0.25) is 0 Å². The lowest BCUT2D eigenvalue weighted by atomic mass is 10.1. The Kier molecular flexibility index (Phi) is 6.06. The van der Waals surface area contributed by atoms with E-state index in [1.165, 1.54) is 25.9 Å². The second kappa shape index (κ2) is 7.62. The molecule has 0 aliphatic carbocycles. The van der Waals surface area contributed by atoms with E-state index in [0.717, 1.165) is 26.2 Å². The van der Waals surface area contributed by atoms with Crippen LogP contribution in [0.4, 0.5) is 4.79 Å². The third-order valence-corrected chi connectivity index (χ3v) is 4.43. The van der Waals surface area contributed by atoms with Gasteiger partial charge in [0, 0.05) is 45.3 Å². The lowest BCUT2D eigenvalue weighted by molar-refractivity contribution is 0.00384. The van der Waals surface area contributed by atoms with E-state index >= 15 is 0 Å². The molecule has 2 aliphatic heterocycles. The SMILES string of the molecule is CC(C)(C)OC(=O)N1CCN(CCN2CCCC2)C(CN)C1. The molecule has 0 aromatic carbocycles. The zero-order chi connectivity index (χ0) is 16.2. The molecule has 0 radical (unpaired) electrons. The number of rotatable bonds is 4. The average Bonchev–Trinajstić information content (AvgIpc) is 2.96. The van der Waals surface area contributed by atoms with E-state index in [9.17, 15) is 4.79 Å². The summed E-state index contributed by atoms with van der Waals surface area (Å²) in [5.74, 6) is 0. The predicted molar refractivity (Wildman–Crippen MR) is 87.9 cm³/mol. The number of carbonyl (C=O) groups excluding carboxylic acids is 1. The molecule has 2 heterocycles. The maximum Gasteiger partial charge on any atom is 0.410 e. The Labute approximate surface area is 134 Å². The van der Waals surface area contributed by atoms with Gasteiger partial charge in [-0.3, -0.25) is 4.90 Å². The van der Waals surface area contributed by atoms with E-state index in [0.29, 0.717) is 13.1 Å². The van der Waals surface area contributed by atoms with Crippen molar-refractivity contribution in [1.82, 2.24) is 14.7 Å². The monoisotopic (exact) mass is 312 g/mol. The first-order chi connectivity index (χ1) is 10.4. The molecule has 0 saturated carbocycles. The van der Waals surface area contributed by atoms with Gasteiger partial charge < -0.3 is 20.3 Å². The zero-order valence-electron chi connectivity index (χ0n) is 14.4. The Hall–Kier alpha value is -0.850. The van der Waals surface area contributed by atoms with Crippen molar-refractivity contribution >= 4 is 6.09 Å². The summed E-state index contributed by atoms with van der Waals surface area (Å²) in [7, 11) is 0. The van der Waals surface area contributed by atoms with E-state index < -0.39 is 5.60 Å². The summed E-state index contributed by atoms with van der Waals surface area (Å²) in [5, 5.41) is 0. The Bertz CT molecular complexity index is 364. The highest BCUT2D eigenvalue weighted by atomic mass is 16.6. The van der Waals surface area contributed by atoms with Crippen molar-refractivity contribution in [3.05, 3.63) is 0 Å². The molecule has 6 heteroatoms. The summed E-state index contributed by atoms with van der Waals surface area (Å²) in [4.78, 5) is 18.9. The maximum absolute atomic E-state index is 12.2. The Balaban J connectivity index is 1.81. The number of amides is 1. The first-order valence-electron chi connectivity index (χ1n) is 8.53. The van der Waals surface area contributed by atoms with Crippen LogP contribution in [0, 0.1) is 0 Å². The summed E-state index contributed by atoms with van der Waals surface area (Å²) in [6.07, 6.45) is 2.43. The van der Waals surface area contributed by atoms with Crippen LogP contribution in [0.5, 0.6) is 0 Å². The van der Waals surface area contributed by atoms with Gasteiger partial charge in [0.15, 0.2) is 0 Å². The number of hydrogen-bond donors (Lipinski definition) is 1. The van der Waals surface area contributed by atoms with E-state index in [2.05, 4.69) is 9.80 Å². The molecule has 0 bridgehead atoms. The van der Waals surface area contributed by atoms with Gasteiger partial charge >= 0.3 is 6.09 Å². The lowest BCUT2D eigenvalue weighted by Crippen LogP contribution is -2.58. The first-order valence-corrected chi connectivity index (χ1v) is 8.53. The van der Waals surface area contributed by atoms with Gasteiger partial charge in [0.25, 0.3) is 0 Å². The van der Waals surface area contributed by atoms with Crippen molar-refractivity contribution in [3.8, 4) is 0 Å². The topological polar surface area (TPSA) is 62.0 Å². The molecule has 1 atom stereocenters. The van der Waals surface area contributed by atoms with Crippen LogP contribution in [-0.2, 0) is 4.74 Å². The van der Waals surface area contributed by atoms with Gasteiger partial charge in [-0.1, -0.05) is 0 Å². The molecule has 1 unspecified atom stereocenters. The third-order valence-electron chi connectivity index (χ3n) is 4.43. The van der Waals surface area contributed by atoms with Gasteiger partial charge in [0.1, 0.15) is 5.60 Å². The van der Waals surface area contributed by atoms with E-state index in [1.807, 2.05) is 20.8 Å². The summed E-state index contributed by atoms with van der Waals surface area (Å²) in [6, 6.07) is 0.240. The first kappa shape index (κ1) is 17.5.